The van der Waals surface area contributed by atoms with E-state index >= 15 is 0 Å². The Kier molecular flexibility index (Phi) is 5.38. The van der Waals surface area contributed by atoms with Gasteiger partial charge in [0.1, 0.15) is 0 Å². The van der Waals surface area contributed by atoms with Crippen molar-refractivity contribution in [1.82, 2.24) is 5.32 Å². The summed E-state index contributed by atoms with van der Waals surface area (Å²) in [5.41, 5.74) is 4.95. The summed E-state index contributed by atoms with van der Waals surface area (Å²) in [6, 6.07) is 5.43. The van der Waals surface area contributed by atoms with E-state index in [0.29, 0.717) is 18.7 Å². The number of amides is 1. The van der Waals surface area contributed by atoms with E-state index in [2.05, 4.69) is 10.7 Å². The highest BCUT2D eigenvalue weighted by Gasteiger charge is 2.20. The fourth-order valence-electron chi connectivity index (χ4n) is 2.01. The number of benzene rings is 1. The van der Waals surface area contributed by atoms with Crippen molar-refractivity contribution in [3.05, 3.63) is 29.3 Å². The normalized spacial score (nSPS) is 14.1. The van der Waals surface area contributed by atoms with E-state index < -0.39 is 0 Å². The van der Waals surface area contributed by atoms with Crippen molar-refractivity contribution in [2.75, 3.05) is 25.2 Å². The maximum absolute atomic E-state index is 12.0. The lowest BCUT2D eigenvalue weighted by molar-refractivity contribution is 0.0937. The van der Waals surface area contributed by atoms with Crippen LogP contribution in [0.3, 0.4) is 0 Å². The first-order valence-corrected chi connectivity index (χ1v) is 7.14. The van der Waals surface area contributed by atoms with Gasteiger partial charge in [-0.15, -0.1) is 0 Å². The van der Waals surface area contributed by atoms with Gasteiger partial charge in [-0.1, -0.05) is 0 Å². The number of anilines is 1. The topological polar surface area (TPSA) is 76.4 Å². The molecule has 0 aromatic heterocycles. The molecule has 0 spiro atoms. The quantitative estimate of drug-likeness (QED) is 0.385. The Morgan fingerprint density at radius 3 is 2.90 bits per heavy atom. The fourth-order valence-corrected chi connectivity index (χ4v) is 2.01. The first-order chi connectivity index (χ1) is 9.70. The molecule has 1 aromatic rings. The van der Waals surface area contributed by atoms with E-state index in [1.165, 1.54) is 12.8 Å². The van der Waals surface area contributed by atoms with Gasteiger partial charge in [0, 0.05) is 31.0 Å². The number of aryl methyl sites for hydroxylation is 1. The molecule has 0 radical (unpaired) electrons. The van der Waals surface area contributed by atoms with E-state index in [0.717, 1.165) is 30.2 Å². The van der Waals surface area contributed by atoms with Gasteiger partial charge in [-0.05, 0) is 55.9 Å². The number of rotatable bonds is 8. The Morgan fingerprint density at radius 1 is 1.45 bits per heavy atom. The van der Waals surface area contributed by atoms with Crippen molar-refractivity contribution in [3.8, 4) is 0 Å². The maximum atomic E-state index is 12.0. The van der Waals surface area contributed by atoms with Crippen molar-refractivity contribution in [2.45, 2.75) is 26.2 Å². The first kappa shape index (κ1) is 14.8. The molecule has 1 saturated carbocycles. The van der Waals surface area contributed by atoms with Crippen LogP contribution in [0.4, 0.5) is 5.69 Å². The number of hydrazine groups is 1. The lowest BCUT2D eigenvalue weighted by Crippen LogP contribution is -2.26. The van der Waals surface area contributed by atoms with E-state index in [9.17, 15) is 4.79 Å². The zero-order chi connectivity index (χ0) is 14.4. The summed E-state index contributed by atoms with van der Waals surface area (Å²) < 4.78 is 5.53. The number of nitrogens with two attached hydrogens (primary N) is 1. The molecule has 1 amide bonds. The van der Waals surface area contributed by atoms with E-state index in [1.54, 1.807) is 12.1 Å². The van der Waals surface area contributed by atoms with Crippen molar-refractivity contribution in [2.24, 2.45) is 11.8 Å². The van der Waals surface area contributed by atoms with Crippen LogP contribution in [0.5, 0.6) is 0 Å². The third kappa shape index (κ3) is 4.51. The van der Waals surface area contributed by atoms with Crippen LogP contribution in [0.25, 0.3) is 0 Å². The van der Waals surface area contributed by atoms with Crippen LogP contribution in [0.2, 0.25) is 0 Å². The van der Waals surface area contributed by atoms with Gasteiger partial charge in [0.2, 0.25) is 0 Å². The Labute approximate surface area is 119 Å². The molecular formula is C15H23N3O2. The van der Waals surface area contributed by atoms with Crippen LogP contribution in [-0.4, -0.2) is 25.7 Å². The molecular weight excluding hydrogens is 254 g/mol. The molecule has 0 heterocycles. The van der Waals surface area contributed by atoms with Crippen molar-refractivity contribution >= 4 is 11.6 Å². The molecule has 1 aliphatic carbocycles. The predicted molar refractivity (Wildman–Crippen MR) is 79.5 cm³/mol. The minimum absolute atomic E-state index is 0.0479. The fraction of sp³-hybridized carbons (Fsp3) is 0.533. The lowest BCUT2D eigenvalue weighted by Gasteiger charge is -2.09. The zero-order valence-corrected chi connectivity index (χ0v) is 11.9. The first-order valence-electron chi connectivity index (χ1n) is 7.14. The molecule has 1 fully saturated rings. The Hall–Kier alpha value is -1.59. The minimum atomic E-state index is -0.0479. The molecule has 0 aliphatic heterocycles. The average molecular weight is 277 g/mol. The zero-order valence-electron chi connectivity index (χ0n) is 11.9. The van der Waals surface area contributed by atoms with Gasteiger partial charge in [0.25, 0.3) is 5.91 Å². The highest BCUT2D eigenvalue weighted by molar-refractivity contribution is 5.96. The standard InChI is InChI=1S/C15H23N3O2/c1-11-9-13(18-16)5-6-14(11)15(19)17-7-2-8-20-10-12-3-4-12/h5-6,9,12,18H,2-4,7-8,10,16H2,1H3,(H,17,19). The molecule has 2 rings (SSSR count). The van der Waals surface area contributed by atoms with Crippen LogP contribution in [-0.2, 0) is 4.74 Å². The van der Waals surface area contributed by atoms with Crippen LogP contribution in [0.1, 0.15) is 35.2 Å². The highest BCUT2D eigenvalue weighted by Crippen LogP contribution is 2.28. The number of ether oxygens (including phenoxy) is 1. The van der Waals surface area contributed by atoms with Crippen molar-refractivity contribution < 1.29 is 9.53 Å². The molecule has 0 saturated heterocycles. The van der Waals surface area contributed by atoms with Crippen LogP contribution < -0.4 is 16.6 Å². The Balaban J connectivity index is 1.68. The molecule has 5 nitrogen and oxygen atoms in total. The molecule has 0 bridgehead atoms. The molecule has 1 aromatic carbocycles. The number of hydrogen-bond donors (Lipinski definition) is 3. The van der Waals surface area contributed by atoms with E-state index in [1.807, 2.05) is 13.0 Å². The van der Waals surface area contributed by atoms with Crippen LogP contribution in [0.15, 0.2) is 18.2 Å². The van der Waals surface area contributed by atoms with Crippen LogP contribution >= 0.6 is 0 Å². The lowest BCUT2D eigenvalue weighted by atomic mass is 10.1. The molecule has 110 valence electrons. The summed E-state index contributed by atoms with van der Waals surface area (Å²) in [5.74, 6) is 6.08. The molecule has 0 atom stereocenters. The molecule has 20 heavy (non-hydrogen) atoms. The monoisotopic (exact) mass is 277 g/mol. The molecule has 1 aliphatic rings. The number of nitrogens with one attached hydrogen (secondary N) is 2. The van der Waals surface area contributed by atoms with E-state index in [4.69, 9.17) is 10.6 Å². The van der Waals surface area contributed by atoms with Gasteiger partial charge in [-0.2, -0.15) is 0 Å². The van der Waals surface area contributed by atoms with E-state index in [-0.39, 0.29) is 5.91 Å². The van der Waals surface area contributed by atoms with Crippen LogP contribution in [0, 0.1) is 12.8 Å². The average Bonchev–Trinajstić information content (AvgIpc) is 3.26. The maximum Gasteiger partial charge on any atom is 0.251 e. The van der Waals surface area contributed by atoms with Gasteiger partial charge in [-0.25, -0.2) is 0 Å². The summed E-state index contributed by atoms with van der Waals surface area (Å²) in [5, 5.41) is 2.91. The van der Waals surface area contributed by atoms with Gasteiger partial charge >= 0.3 is 0 Å². The molecule has 5 heteroatoms. The van der Waals surface area contributed by atoms with Crippen molar-refractivity contribution in [1.29, 1.82) is 0 Å². The smallest absolute Gasteiger partial charge is 0.251 e. The third-order valence-electron chi connectivity index (χ3n) is 3.44. The Morgan fingerprint density at radius 2 is 2.25 bits per heavy atom. The summed E-state index contributed by atoms with van der Waals surface area (Å²) in [6.07, 6.45) is 3.47. The second-order valence-electron chi connectivity index (χ2n) is 5.30. The number of carbonyl (C=O) groups is 1. The third-order valence-corrected chi connectivity index (χ3v) is 3.44. The van der Waals surface area contributed by atoms with Gasteiger partial charge in [-0.3, -0.25) is 10.6 Å². The second-order valence-corrected chi connectivity index (χ2v) is 5.30. The Bertz CT molecular complexity index is 458. The van der Waals surface area contributed by atoms with Crippen molar-refractivity contribution in [3.63, 3.8) is 0 Å². The summed E-state index contributed by atoms with van der Waals surface area (Å²) in [6.45, 7) is 4.13. The van der Waals surface area contributed by atoms with Gasteiger partial charge in [0.15, 0.2) is 0 Å². The number of carbonyl (C=O) groups excluding carboxylic acids is 1. The SMILES string of the molecule is Cc1cc(NN)ccc1C(=O)NCCCOCC1CC1. The van der Waals surface area contributed by atoms with Gasteiger partial charge in [0.05, 0.1) is 0 Å². The second kappa shape index (κ2) is 7.26. The summed E-state index contributed by atoms with van der Waals surface area (Å²) in [7, 11) is 0. The minimum Gasteiger partial charge on any atom is -0.381 e. The largest absolute Gasteiger partial charge is 0.381 e. The highest BCUT2D eigenvalue weighted by atomic mass is 16.5. The predicted octanol–water partition coefficient (Wildman–Crippen LogP) is 1.83. The summed E-state index contributed by atoms with van der Waals surface area (Å²) in [4.78, 5) is 12.0. The molecule has 4 N–H and O–H groups in total. The summed E-state index contributed by atoms with van der Waals surface area (Å²) >= 11 is 0. The number of hydrogen-bond acceptors (Lipinski definition) is 4. The number of nitrogen functional groups attached to an aromatic ring is 1. The molecule has 0 unspecified atom stereocenters. The van der Waals surface area contributed by atoms with Gasteiger partial charge < -0.3 is 15.5 Å².